The third-order valence-electron chi connectivity index (χ3n) is 2.58. The average molecular weight is 387 g/mol. The Kier molecular flexibility index (Phi) is 4.48. The van der Waals surface area contributed by atoms with Gasteiger partial charge in [0.2, 0.25) is 5.91 Å². The second kappa shape index (κ2) is 6.12. The van der Waals surface area contributed by atoms with Crippen molar-refractivity contribution in [3.8, 4) is 0 Å². The molecule has 0 aliphatic carbocycles. The first-order chi connectivity index (χ1) is 9.47. The lowest BCUT2D eigenvalue weighted by Gasteiger charge is -2.08. The Hall–Kier alpha value is -1.77. The van der Waals surface area contributed by atoms with Gasteiger partial charge in [-0.15, -0.1) is 0 Å². The number of hydrogen-bond acceptors (Lipinski definition) is 3. The van der Waals surface area contributed by atoms with Crippen LogP contribution in [-0.4, -0.2) is 15.5 Å². The molecule has 0 saturated carbocycles. The molecule has 5 nitrogen and oxygen atoms in total. The molecule has 1 heterocycles. The predicted molar refractivity (Wildman–Crippen MR) is 81.0 cm³/mol. The van der Waals surface area contributed by atoms with Crippen molar-refractivity contribution < 1.29 is 9.18 Å². The van der Waals surface area contributed by atoms with Crippen LogP contribution in [0.2, 0.25) is 0 Å². The van der Waals surface area contributed by atoms with Crippen LogP contribution in [0.1, 0.15) is 5.69 Å². The molecule has 2 rings (SSSR count). The summed E-state index contributed by atoms with van der Waals surface area (Å²) in [6.07, 6.45) is 1.32. The minimum absolute atomic E-state index is 0.168. The Labute approximate surface area is 128 Å². The Balaban J connectivity index is 2.13. The van der Waals surface area contributed by atoms with Crippen molar-refractivity contribution in [2.24, 2.45) is 0 Å². The van der Waals surface area contributed by atoms with Crippen molar-refractivity contribution in [1.29, 1.82) is 0 Å². The molecule has 20 heavy (non-hydrogen) atoms. The highest BCUT2D eigenvalue weighted by molar-refractivity contribution is 14.1. The first-order valence-corrected chi connectivity index (χ1v) is 6.82. The number of carbonyl (C=O) groups excluding carboxylic acids is 1. The number of amides is 1. The lowest BCUT2D eigenvalue weighted by Crippen LogP contribution is -2.29. The van der Waals surface area contributed by atoms with Crippen molar-refractivity contribution in [1.82, 2.24) is 9.55 Å². The molecule has 0 radical (unpaired) electrons. The fraction of sp³-hybridized carbons (Fsp3) is 0.154. The average Bonchev–Trinajstić information content (AvgIpc) is 2.39. The van der Waals surface area contributed by atoms with Gasteiger partial charge in [-0.25, -0.2) is 9.37 Å². The molecular formula is C13H11FIN3O2. The van der Waals surface area contributed by atoms with Crippen LogP contribution < -0.4 is 10.9 Å². The fourth-order valence-electron chi connectivity index (χ4n) is 1.58. The van der Waals surface area contributed by atoms with Gasteiger partial charge in [0.1, 0.15) is 12.4 Å². The number of hydrogen-bond donors (Lipinski definition) is 1. The van der Waals surface area contributed by atoms with Crippen LogP contribution in [0.15, 0.2) is 35.4 Å². The number of nitrogens with zero attached hydrogens (tertiary/aromatic N) is 2. The summed E-state index contributed by atoms with van der Waals surface area (Å²) in [5.74, 6) is -0.856. The lowest BCUT2D eigenvalue weighted by atomic mass is 10.3. The smallest absolute Gasteiger partial charge is 0.267 e. The van der Waals surface area contributed by atoms with E-state index in [0.717, 1.165) is 0 Å². The number of nitrogens with one attached hydrogen (secondary N) is 1. The fourth-order valence-corrected chi connectivity index (χ4v) is 2.03. The zero-order valence-corrected chi connectivity index (χ0v) is 12.7. The van der Waals surface area contributed by atoms with Gasteiger partial charge in [-0.3, -0.25) is 14.2 Å². The van der Waals surface area contributed by atoms with Crippen molar-refractivity contribution >= 4 is 34.2 Å². The summed E-state index contributed by atoms with van der Waals surface area (Å²) in [5, 5.41) is 2.52. The third kappa shape index (κ3) is 3.41. The number of carbonyl (C=O) groups is 1. The van der Waals surface area contributed by atoms with Crippen LogP contribution in [-0.2, 0) is 11.3 Å². The van der Waals surface area contributed by atoms with E-state index < -0.39 is 11.7 Å². The van der Waals surface area contributed by atoms with E-state index in [9.17, 15) is 14.0 Å². The van der Waals surface area contributed by atoms with Gasteiger partial charge in [0.15, 0.2) is 0 Å². The van der Waals surface area contributed by atoms with E-state index in [2.05, 4.69) is 10.3 Å². The van der Waals surface area contributed by atoms with Gasteiger partial charge in [-0.05, 0) is 47.7 Å². The van der Waals surface area contributed by atoms with Crippen LogP contribution >= 0.6 is 22.6 Å². The molecule has 0 aliphatic heterocycles. The Bertz CT molecular complexity index is 715. The second-order valence-corrected chi connectivity index (χ2v) is 5.21. The monoisotopic (exact) mass is 387 g/mol. The first-order valence-electron chi connectivity index (χ1n) is 5.74. The maximum absolute atomic E-state index is 13.0. The lowest BCUT2D eigenvalue weighted by molar-refractivity contribution is -0.116. The maximum Gasteiger partial charge on any atom is 0.267 e. The minimum atomic E-state index is -0.438. The highest BCUT2D eigenvalue weighted by atomic mass is 127. The highest BCUT2D eigenvalue weighted by Gasteiger charge is 2.09. The van der Waals surface area contributed by atoms with Crippen molar-refractivity contribution in [3.63, 3.8) is 0 Å². The SMILES string of the molecule is Cc1ncn(CC(=O)Nc2cccc(F)c2)c(=O)c1I. The number of aryl methyl sites for hydroxylation is 1. The molecule has 0 aliphatic rings. The van der Waals surface area contributed by atoms with Crippen LogP contribution in [0.3, 0.4) is 0 Å². The zero-order valence-electron chi connectivity index (χ0n) is 10.6. The van der Waals surface area contributed by atoms with Gasteiger partial charge in [0.05, 0.1) is 15.6 Å². The van der Waals surface area contributed by atoms with E-state index in [1.165, 1.54) is 29.1 Å². The van der Waals surface area contributed by atoms with E-state index in [1.807, 2.05) is 22.6 Å². The molecule has 104 valence electrons. The van der Waals surface area contributed by atoms with Crippen molar-refractivity contribution in [2.45, 2.75) is 13.5 Å². The van der Waals surface area contributed by atoms with Crippen LogP contribution in [0.25, 0.3) is 0 Å². The summed E-state index contributed by atoms with van der Waals surface area (Å²) >= 11 is 1.89. The molecule has 1 amide bonds. The molecule has 1 aromatic heterocycles. The molecule has 0 atom stereocenters. The normalized spacial score (nSPS) is 10.3. The van der Waals surface area contributed by atoms with Gasteiger partial charge in [0.25, 0.3) is 5.56 Å². The van der Waals surface area contributed by atoms with Crippen LogP contribution in [0.5, 0.6) is 0 Å². The topological polar surface area (TPSA) is 64.0 Å². The maximum atomic E-state index is 13.0. The predicted octanol–water partition coefficient (Wildman–Crippen LogP) is 1.93. The van der Waals surface area contributed by atoms with Gasteiger partial charge in [-0.1, -0.05) is 6.07 Å². The van der Waals surface area contributed by atoms with E-state index in [1.54, 1.807) is 13.0 Å². The molecule has 2 aromatic rings. The Morgan fingerprint density at radius 2 is 2.25 bits per heavy atom. The zero-order chi connectivity index (χ0) is 14.7. The van der Waals surface area contributed by atoms with E-state index >= 15 is 0 Å². The van der Waals surface area contributed by atoms with Gasteiger partial charge in [0, 0.05) is 5.69 Å². The molecular weight excluding hydrogens is 376 g/mol. The number of aromatic nitrogens is 2. The van der Waals surface area contributed by atoms with Crippen molar-refractivity contribution in [3.05, 3.63) is 56.0 Å². The number of halogens is 2. The van der Waals surface area contributed by atoms with E-state index in [4.69, 9.17) is 0 Å². The van der Waals surface area contributed by atoms with Gasteiger partial charge in [-0.2, -0.15) is 0 Å². The summed E-state index contributed by atoms with van der Waals surface area (Å²) in [6.45, 7) is 1.55. The molecule has 1 aromatic carbocycles. The molecule has 0 unspecified atom stereocenters. The van der Waals surface area contributed by atoms with Crippen LogP contribution in [0.4, 0.5) is 10.1 Å². The Morgan fingerprint density at radius 3 is 2.95 bits per heavy atom. The largest absolute Gasteiger partial charge is 0.324 e. The van der Waals surface area contributed by atoms with Crippen molar-refractivity contribution in [2.75, 3.05) is 5.32 Å². The molecule has 7 heteroatoms. The van der Waals surface area contributed by atoms with Crippen LogP contribution in [0, 0.1) is 16.3 Å². The minimum Gasteiger partial charge on any atom is -0.324 e. The second-order valence-electron chi connectivity index (χ2n) is 4.14. The standard InChI is InChI=1S/C13H11FIN3O2/c1-8-12(15)13(20)18(7-16-8)6-11(19)17-10-4-2-3-9(14)5-10/h2-5,7H,6H2,1H3,(H,17,19). The molecule has 0 saturated heterocycles. The summed E-state index contributed by atoms with van der Waals surface area (Å²) in [5.41, 5.74) is 0.697. The molecule has 0 bridgehead atoms. The molecule has 0 fully saturated rings. The van der Waals surface area contributed by atoms with Gasteiger partial charge < -0.3 is 5.32 Å². The first kappa shape index (κ1) is 14.6. The summed E-state index contributed by atoms with van der Waals surface area (Å²) in [7, 11) is 0. The van der Waals surface area contributed by atoms with E-state index in [-0.39, 0.29) is 12.1 Å². The Morgan fingerprint density at radius 1 is 1.50 bits per heavy atom. The number of rotatable bonds is 3. The van der Waals surface area contributed by atoms with E-state index in [0.29, 0.717) is 15.0 Å². The van der Waals surface area contributed by atoms with Gasteiger partial charge >= 0.3 is 0 Å². The quantitative estimate of drug-likeness (QED) is 0.819. The summed E-state index contributed by atoms with van der Waals surface area (Å²) < 4.78 is 14.7. The highest BCUT2D eigenvalue weighted by Crippen LogP contribution is 2.09. The third-order valence-corrected chi connectivity index (χ3v) is 3.82. The summed E-state index contributed by atoms with van der Waals surface area (Å²) in [6, 6.07) is 5.55. The molecule has 0 spiro atoms. The molecule has 1 N–H and O–H groups in total. The number of anilines is 1. The number of benzene rings is 1. The summed E-state index contributed by atoms with van der Waals surface area (Å²) in [4.78, 5) is 27.8.